The van der Waals surface area contributed by atoms with Gasteiger partial charge in [-0.3, -0.25) is 14.4 Å². The predicted molar refractivity (Wildman–Crippen MR) is 216 cm³/mol. The first-order chi connectivity index (χ1) is 25.9. The van der Waals surface area contributed by atoms with E-state index in [0.717, 1.165) is 38.6 Å². The number of hydrogen-bond donors (Lipinski definition) is 3. The summed E-state index contributed by atoms with van der Waals surface area (Å²) in [6, 6.07) is 41.5. The summed E-state index contributed by atoms with van der Waals surface area (Å²) in [6.07, 6.45) is 2.23. The molecular formula is C43H38N4O4S2. The number of anilines is 2. The number of nitrogens with one attached hydrogen (secondary N) is 3. The third-order valence-corrected chi connectivity index (χ3v) is 10.2. The number of aromatic nitrogens is 1. The van der Waals surface area contributed by atoms with Gasteiger partial charge in [-0.2, -0.15) is 0 Å². The van der Waals surface area contributed by atoms with Crippen molar-refractivity contribution in [2.75, 3.05) is 17.2 Å². The Morgan fingerprint density at radius 3 is 2.15 bits per heavy atom. The van der Waals surface area contributed by atoms with Gasteiger partial charge in [0, 0.05) is 27.1 Å². The number of carbonyl (C=O) groups excluding carboxylic acids is 3. The van der Waals surface area contributed by atoms with Gasteiger partial charge < -0.3 is 20.7 Å². The zero-order valence-corrected chi connectivity index (χ0v) is 30.9. The quantitative estimate of drug-likeness (QED) is 0.0759. The monoisotopic (exact) mass is 738 g/mol. The lowest BCUT2D eigenvalue weighted by Crippen LogP contribution is -2.30. The van der Waals surface area contributed by atoms with Crippen molar-refractivity contribution in [3.8, 4) is 28.1 Å². The second kappa shape index (κ2) is 18.0. The Bertz CT molecular complexity index is 2190. The minimum Gasteiger partial charge on any atom is -0.494 e. The van der Waals surface area contributed by atoms with E-state index in [2.05, 4.69) is 20.9 Å². The molecule has 53 heavy (non-hydrogen) atoms. The Hall–Kier alpha value is -5.97. The molecule has 1 aromatic heterocycles. The van der Waals surface area contributed by atoms with Crippen molar-refractivity contribution in [2.24, 2.45) is 0 Å². The van der Waals surface area contributed by atoms with Crippen molar-refractivity contribution in [2.45, 2.75) is 30.4 Å². The number of hydrogen-bond acceptors (Lipinski definition) is 7. The van der Waals surface area contributed by atoms with Gasteiger partial charge >= 0.3 is 0 Å². The number of carbonyl (C=O) groups is 3. The maximum Gasteiger partial charge on any atom is 0.272 e. The molecule has 8 nitrogen and oxygen atoms in total. The molecule has 5 aromatic carbocycles. The van der Waals surface area contributed by atoms with Gasteiger partial charge in [-0.25, -0.2) is 4.98 Å². The third-order valence-electron chi connectivity index (χ3n) is 8.09. The predicted octanol–water partition coefficient (Wildman–Crippen LogP) is 9.79. The summed E-state index contributed by atoms with van der Waals surface area (Å²) in [4.78, 5) is 45.7. The molecule has 1 unspecified atom stereocenters. The van der Waals surface area contributed by atoms with Gasteiger partial charge in [0.25, 0.3) is 11.8 Å². The van der Waals surface area contributed by atoms with E-state index in [1.165, 1.54) is 23.1 Å². The maximum atomic E-state index is 13.7. The smallest absolute Gasteiger partial charge is 0.272 e. The van der Waals surface area contributed by atoms with Crippen LogP contribution in [0.2, 0.25) is 0 Å². The van der Waals surface area contributed by atoms with Crippen molar-refractivity contribution >= 4 is 57.7 Å². The summed E-state index contributed by atoms with van der Waals surface area (Å²) in [5, 5.41) is 10.7. The van der Waals surface area contributed by atoms with E-state index in [4.69, 9.17) is 4.74 Å². The molecule has 6 aromatic rings. The minimum atomic E-state index is -0.486. The van der Waals surface area contributed by atoms with Crippen LogP contribution in [0.3, 0.4) is 0 Å². The number of benzene rings is 5. The molecule has 1 heterocycles. The van der Waals surface area contributed by atoms with Crippen LogP contribution < -0.4 is 20.7 Å². The van der Waals surface area contributed by atoms with Crippen LogP contribution in [-0.2, 0) is 9.59 Å². The van der Waals surface area contributed by atoms with Gasteiger partial charge in [0.1, 0.15) is 11.4 Å². The van der Waals surface area contributed by atoms with Crippen LogP contribution in [0.1, 0.15) is 36.2 Å². The van der Waals surface area contributed by atoms with E-state index in [0.29, 0.717) is 29.4 Å². The molecule has 3 amide bonds. The highest BCUT2D eigenvalue weighted by Gasteiger charge is 2.21. The normalized spacial score (nSPS) is 11.7. The van der Waals surface area contributed by atoms with E-state index in [9.17, 15) is 14.4 Å². The molecule has 0 bridgehead atoms. The third kappa shape index (κ3) is 10.1. The van der Waals surface area contributed by atoms with Crippen LogP contribution in [0.5, 0.6) is 5.75 Å². The molecule has 0 radical (unpaired) electrons. The molecule has 6 rings (SSSR count). The largest absolute Gasteiger partial charge is 0.494 e. The number of nitrogens with zero attached hydrogens (tertiary/aromatic N) is 1. The lowest BCUT2D eigenvalue weighted by Gasteiger charge is -2.15. The Labute approximate surface area is 317 Å². The molecule has 0 saturated heterocycles. The summed E-state index contributed by atoms with van der Waals surface area (Å²) in [7, 11) is 0. The van der Waals surface area contributed by atoms with Gasteiger partial charge in [0.15, 0.2) is 5.13 Å². The summed E-state index contributed by atoms with van der Waals surface area (Å²) < 4.78 is 5.53. The Morgan fingerprint density at radius 1 is 0.774 bits per heavy atom. The second-order valence-electron chi connectivity index (χ2n) is 11.8. The second-order valence-corrected chi connectivity index (χ2v) is 14.0. The fourth-order valence-corrected chi connectivity index (χ4v) is 7.12. The molecule has 0 spiro atoms. The number of rotatable bonds is 14. The fraction of sp³-hybridized carbons (Fsp3) is 0.116. The summed E-state index contributed by atoms with van der Waals surface area (Å²) in [6.45, 7) is 4.49. The van der Waals surface area contributed by atoms with E-state index < -0.39 is 17.1 Å². The summed E-state index contributed by atoms with van der Waals surface area (Å²) in [5.41, 5.74) is 5.61. The molecule has 0 fully saturated rings. The van der Waals surface area contributed by atoms with Crippen LogP contribution >= 0.6 is 23.1 Å². The van der Waals surface area contributed by atoms with Gasteiger partial charge in [-0.1, -0.05) is 85.8 Å². The van der Waals surface area contributed by atoms with Crippen molar-refractivity contribution in [1.29, 1.82) is 0 Å². The van der Waals surface area contributed by atoms with Crippen LogP contribution in [0.25, 0.3) is 28.5 Å². The van der Waals surface area contributed by atoms with Crippen LogP contribution in [0, 0.1) is 0 Å². The molecule has 10 heteroatoms. The minimum absolute atomic E-state index is 0.0863. The van der Waals surface area contributed by atoms with Crippen LogP contribution in [0.15, 0.2) is 149 Å². The highest BCUT2D eigenvalue weighted by Crippen LogP contribution is 2.31. The van der Waals surface area contributed by atoms with E-state index in [1.54, 1.807) is 36.4 Å². The molecular weight excluding hydrogens is 701 g/mol. The van der Waals surface area contributed by atoms with E-state index >= 15 is 0 Å². The number of ether oxygens (including phenoxy) is 1. The molecule has 266 valence electrons. The highest BCUT2D eigenvalue weighted by molar-refractivity contribution is 8.00. The van der Waals surface area contributed by atoms with Gasteiger partial charge in [-0.15, -0.1) is 23.1 Å². The summed E-state index contributed by atoms with van der Waals surface area (Å²) in [5.74, 6) is -0.254. The Balaban J connectivity index is 1.14. The highest BCUT2D eigenvalue weighted by atomic mass is 32.2. The van der Waals surface area contributed by atoms with Crippen LogP contribution in [-0.4, -0.2) is 34.6 Å². The van der Waals surface area contributed by atoms with Crippen molar-refractivity contribution in [3.63, 3.8) is 0 Å². The van der Waals surface area contributed by atoms with Gasteiger partial charge in [-0.05, 0) is 90.7 Å². The molecule has 0 aliphatic carbocycles. The first-order valence-electron chi connectivity index (χ1n) is 17.2. The Morgan fingerprint density at radius 2 is 1.45 bits per heavy atom. The van der Waals surface area contributed by atoms with Crippen LogP contribution in [0.4, 0.5) is 10.8 Å². The summed E-state index contributed by atoms with van der Waals surface area (Å²) >= 11 is 2.77. The number of thioether (sulfide) groups is 1. The van der Waals surface area contributed by atoms with Gasteiger partial charge in [0.2, 0.25) is 5.91 Å². The molecule has 0 aliphatic heterocycles. The van der Waals surface area contributed by atoms with Crippen molar-refractivity contribution in [3.05, 3.63) is 156 Å². The average molecular weight is 739 g/mol. The zero-order chi connectivity index (χ0) is 37.0. The number of amides is 3. The average Bonchev–Trinajstić information content (AvgIpc) is 3.66. The maximum absolute atomic E-state index is 13.7. The fourth-order valence-electron chi connectivity index (χ4n) is 5.38. The lowest BCUT2D eigenvalue weighted by atomic mass is 10.0. The lowest BCUT2D eigenvalue weighted by molar-refractivity contribution is -0.116. The molecule has 1 atom stereocenters. The topological polar surface area (TPSA) is 109 Å². The standard InChI is InChI=1S/C43H38N4O4S2/c1-3-39(42(50)47-43-46-38(28-52-43)32-22-24-35(25-23-32)51-4-2)53-36-17-11-16-34(27-36)44-41(49)37(45-40(48)33-14-9-6-10-15-33)26-29-18-20-31(21-19-29)30-12-7-5-8-13-30/h5-28,39H,3-4H2,1-2H3,(H,44,49)(H,45,48)(H,46,47,50)/b37-26+. The molecule has 3 N–H and O–H groups in total. The Kier molecular flexibility index (Phi) is 12.5. The SMILES string of the molecule is CCOc1ccc(-c2csc(NC(=O)C(CC)Sc3cccc(NC(=O)/C(=C\c4ccc(-c5ccccc5)cc4)NC(=O)c4ccccc4)c3)n2)cc1. The number of thiazole rings is 1. The van der Waals surface area contributed by atoms with Crippen molar-refractivity contribution in [1.82, 2.24) is 10.3 Å². The van der Waals surface area contributed by atoms with Crippen molar-refractivity contribution < 1.29 is 19.1 Å². The zero-order valence-electron chi connectivity index (χ0n) is 29.2. The first kappa shape index (κ1) is 36.8. The van der Waals surface area contributed by atoms with Gasteiger partial charge in [0.05, 0.1) is 17.6 Å². The molecule has 0 aliphatic rings. The van der Waals surface area contributed by atoms with E-state index in [1.807, 2.05) is 122 Å². The van der Waals surface area contributed by atoms with E-state index in [-0.39, 0.29) is 11.6 Å². The first-order valence-corrected chi connectivity index (χ1v) is 19.0. The molecule has 0 saturated carbocycles.